The van der Waals surface area contributed by atoms with E-state index in [0.717, 1.165) is 9.87 Å². The van der Waals surface area contributed by atoms with Crippen molar-refractivity contribution in [3.63, 3.8) is 0 Å². The summed E-state index contributed by atoms with van der Waals surface area (Å²) in [6, 6.07) is 12.0. The second-order valence-corrected chi connectivity index (χ2v) is 7.95. The van der Waals surface area contributed by atoms with Gasteiger partial charge in [-0.3, -0.25) is 9.10 Å². The van der Waals surface area contributed by atoms with E-state index in [2.05, 4.69) is 5.32 Å². The van der Waals surface area contributed by atoms with E-state index in [1.807, 2.05) is 0 Å². The molecule has 7 heteroatoms. The highest BCUT2D eigenvalue weighted by Gasteiger charge is 2.18. The molecule has 0 unspecified atom stereocenters. The summed E-state index contributed by atoms with van der Waals surface area (Å²) in [6.45, 7) is 3.36. The largest absolute Gasteiger partial charge is 0.346 e. The van der Waals surface area contributed by atoms with Crippen LogP contribution in [0.2, 0.25) is 0 Å². The molecule has 0 aromatic heterocycles. The van der Waals surface area contributed by atoms with Gasteiger partial charge in [-0.05, 0) is 49.7 Å². The highest BCUT2D eigenvalue weighted by atomic mass is 32.2. The third kappa shape index (κ3) is 4.57. The Morgan fingerprint density at radius 1 is 1.20 bits per heavy atom. The van der Waals surface area contributed by atoms with Gasteiger partial charge >= 0.3 is 0 Å². The van der Waals surface area contributed by atoms with E-state index >= 15 is 0 Å². The first kappa shape index (κ1) is 18.9. The molecule has 2 aromatic carbocycles. The van der Waals surface area contributed by atoms with Crippen molar-refractivity contribution in [1.29, 1.82) is 0 Å². The number of benzene rings is 2. The van der Waals surface area contributed by atoms with Crippen LogP contribution in [0.3, 0.4) is 0 Å². The molecule has 1 amide bonds. The maximum absolute atomic E-state index is 13.0. The summed E-state index contributed by atoms with van der Waals surface area (Å²) in [5, 5.41) is 2.82. The Hall–Kier alpha value is -2.41. The zero-order valence-corrected chi connectivity index (χ0v) is 15.2. The summed E-state index contributed by atoms with van der Waals surface area (Å²) in [5.74, 6) is -0.697. The van der Waals surface area contributed by atoms with Crippen LogP contribution in [0.15, 0.2) is 48.5 Å². The predicted octanol–water partition coefficient (Wildman–Crippen LogP) is 3.10. The number of halogens is 1. The summed E-state index contributed by atoms with van der Waals surface area (Å²) in [4.78, 5) is 12.4. The molecule has 5 nitrogen and oxygen atoms in total. The van der Waals surface area contributed by atoms with Crippen molar-refractivity contribution in [3.8, 4) is 0 Å². The number of anilines is 1. The van der Waals surface area contributed by atoms with E-state index in [0.29, 0.717) is 11.3 Å². The van der Waals surface area contributed by atoms with Gasteiger partial charge < -0.3 is 5.32 Å². The highest BCUT2D eigenvalue weighted by molar-refractivity contribution is 7.92. The first-order valence-electron chi connectivity index (χ1n) is 7.87. The van der Waals surface area contributed by atoms with Gasteiger partial charge in [0.15, 0.2) is 0 Å². The molecule has 25 heavy (non-hydrogen) atoms. The lowest BCUT2D eigenvalue weighted by molar-refractivity contribution is 0.0940. The number of carbonyl (C=O) groups is 1. The molecule has 0 bridgehead atoms. The monoisotopic (exact) mass is 364 g/mol. The van der Waals surface area contributed by atoms with Gasteiger partial charge in [0.2, 0.25) is 10.0 Å². The molecule has 0 aliphatic carbocycles. The van der Waals surface area contributed by atoms with Crippen LogP contribution in [0.25, 0.3) is 0 Å². The van der Waals surface area contributed by atoms with Crippen LogP contribution in [-0.4, -0.2) is 27.1 Å². The molecule has 1 atom stereocenters. The maximum Gasteiger partial charge on any atom is 0.251 e. The van der Waals surface area contributed by atoms with Gasteiger partial charge in [-0.25, -0.2) is 12.8 Å². The van der Waals surface area contributed by atoms with Crippen LogP contribution < -0.4 is 9.62 Å². The third-order valence-corrected chi connectivity index (χ3v) is 5.75. The Labute approximate surface area is 147 Å². The van der Waals surface area contributed by atoms with Crippen LogP contribution in [0.5, 0.6) is 0 Å². The zero-order valence-electron chi connectivity index (χ0n) is 14.4. The van der Waals surface area contributed by atoms with Crippen molar-refractivity contribution >= 4 is 21.6 Å². The molecule has 0 spiro atoms. The molecule has 0 radical (unpaired) electrons. The second-order valence-electron chi connectivity index (χ2n) is 5.67. The molecule has 2 rings (SSSR count). The van der Waals surface area contributed by atoms with Crippen LogP contribution in [0.1, 0.15) is 35.8 Å². The smallest absolute Gasteiger partial charge is 0.251 e. The highest BCUT2D eigenvalue weighted by Crippen LogP contribution is 2.19. The molecule has 0 aliphatic heterocycles. The average molecular weight is 364 g/mol. The van der Waals surface area contributed by atoms with E-state index in [1.54, 1.807) is 44.2 Å². The van der Waals surface area contributed by atoms with E-state index in [4.69, 9.17) is 0 Å². The maximum atomic E-state index is 13.0. The number of hydrogen-bond donors (Lipinski definition) is 1. The number of sulfonamides is 1. The molecule has 0 saturated heterocycles. The zero-order chi connectivity index (χ0) is 18.6. The minimum Gasteiger partial charge on any atom is -0.346 e. The van der Waals surface area contributed by atoms with Gasteiger partial charge in [-0.1, -0.05) is 18.2 Å². The Kier molecular flexibility index (Phi) is 5.79. The standard InChI is InChI=1S/C18H21FN2O3S/c1-4-25(23,24)21(3)17-7-5-6-15(12-17)18(22)20-13(2)14-8-10-16(19)11-9-14/h5-13H,4H2,1-3H3,(H,20,22)/t13-/m0/s1. The lowest BCUT2D eigenvalue weighted by atomic mass is 10.1. The Balaban J connectivity index is 2.17. The third-order valence-electron chi connectivity index (χ3n) is 3.97. The molecular formula is C18H21FN2O3S. The number of hydrogen-bond acceptors (Lipinski definition) is 3. The second kappa shape index (κ2) is 7.65. The molecule has 2 aromatic rings. The Morgan fingerprint density at radius 3 is 2.44 bits per heavy atom. The quantitative estimate of drug-likeness (QED) is 0.856. The number of nitrogens with one attached hydrogen (secondary N) is 1. The lowest BCUT2D eigenvalue weighted by Crippen LogP contribution is -2.29. The molecule has 0 fully saturated rings. The van der Waals surface area contributed by atoms with Crippen molar-refractivity contribution in [2.45, 2.75) is 19.9 Å². The van der Waals surface area contributed by atoms with Crippen molar-refractivity contribution in [2.75, 3.05) is 17.1 Å². The Morgan fingerprint density at radius 2 is 1.84 bits per heavy atom. The van der Waals surface area contributed by atoms with Crippen molar-refractivity contribution in [1.82, 2.24) is 5.32 Å². The van der Waals surface area contributed by atoms with Gasteiger partial charge in [0.05, 0.1) is 17.5 Å². The average Bonchev–Trinajstić information content (AvgIpc) is 2.61. The van der Waals surface area contributed by atoms with Gasteiger partial charge in [0.25, 0.3) is 5.91 Å². The topological polar surface area (TPSA) is 66.5 Å². The fourth-order valence-corrected chi connectivity index (χ4v) is 3.13. The van der Waals surface area contributed by atoms with E-state index in [-0.39, 0.29) is 23.5 Å². The minimum absolute atomic E-state index is 0.0263. The van der Waals surface area contributed by atoms with E-state index in [9.17, 15) is 17.6 Å². The molecule has 134 valence electrons. The van der Waals surface area contributed by atoms with Gasteiger partial charge in [0.1, 0.15) is 5.82 Å². The number of amides is 1. The summed E-state index contributed by atoms with van der Waals surface area (Å²) in [5.41, 5.74) is 1.55. The predicted molar refractivity (Wildman–Crippen MR) is 96.6 cm³/mol. The summed E-state index contributed by atoms with van der Waals surface area (Å²) >= 11 is 0. The summed E-state index contributed by atoms with van der Waals surface area (Å²) < 4.78 is 38.1. The van der Waals surface area contributed by atoms with Crippen LogP contribution in [0, 0.1) is 5.82 Å². The van der Waals surface area contributed by atoms with Crippen LogP contribution in [0.4, 0.5) is 10.1 Å². The number of rotatable bonds is 6. The Bertz CT molecular complexity index is 851. The summed E-state index contributed by atoms with van der Waals surface area (Å²) in [7, 11) is -1.94. The van der Waals surface area contributed by atoms with Gasteiger partial charge in [-0.15, -0.1) is 0 Å². The first-order chi connectivity index (χ1) is 11.7. The van der Waals surface area contributed by atoms with Crippen molar-refractivity contribution < 1.29 is 17.6 Å². The van der Waals surface area contributed by atoms with Crippen molar-refractivity contribution in [2.24, 2.45) is 0 Å². The van der Waals surface area contributed by atoms with E-state index in [1.165, 1.54) is 25.2 Å². The number of nitrogens with zero attached hydrogens (tertiary/aromatic N) is 1. The van der Waals surface area contributed by atoms with Crippen LogP contribution in [-0.2, 0) is 10.0 Å². The fourth-order valence-electron chi connectivity index (χ4n) is 2.31. The molecule has 0 aliphatic rings. The molecule has 1 N–H and O–H groups in total. The van der Waals surface area contributed by atoms with Gasteiger partial charge in [0, 0.05) is 12.6 Å². The minimum atomic E-state index is -3.40. The van der Waals surface area contributed by atoms with Crippen molar-refractivity contribution in [3.05, 3.63) is 65.5 Å². The SMILES string of the molecule is CCS(=O)(=O)N(C)c1cccc(C(=O)N[C@@H](C)c2ccc(F)cc2)c1. The van der Waals surface area contributed by atoms with Gasteiger partial charge in [-0.2, -0.15) is 0 Å². The fraction of sp³-hybridized carbons (Fsp3) is 0.278. The summed E-state index contributed by atoms with van der Waals surface area (Å²) in [6.07, 6.45) is 0. The number of carbonyl (C=O) groups excluding carboxylic acids is 1. The molecule has 0 saturated carbocycles. The first-order valence-corrected chi connectivity index (χ1v) is 9.48. The lowest BCUT2D eigenvalue weighted by Gasteiger charge is -2.19. The molecule has 0 heterocycles. The normalized spacial score (nSPS) is 12.5. The van der Waals surface area contributed by atoms with E-state index < -0.39 is 10.0 Å². The van der Waals surface area contributed by atoms with Crippen LogP contribution >= 0.6 is 0 Å². The molecular weight excluding hydrogens is 343 g/mol.